The first kappa shape index (κ1) is 13.0. The standard InChI is InChI=1S/C12H18BrN3S/c1-11-8-12-14-10-15-16(12)17(9-11)7-5-3-2-4-6-13/h8-10H,2-7H2,1H3. The molecule has 0 N–H and O–H groups in total. The van der Waals surface area contributed by atoms with E-state index in [-0.39, 0.29) is 10.7 Å². The highest BCUT2D eigenvalue weighted by Gasteiger charge is 2.10. The van der Waals surface area contributed by atoms with Crippen LogP contribution in [0.4, 0.5) is 0 Å². The molecule has 0 radical (unpaired) electrons. The van der Waals surface area contributed by atoms with E-state index < -0.39 is 0 Å². The Morgan fingerprint density at radius 2 is 2.12 bits per heavy atom. The number of nitrogens with zero attached hydrogens (tertiary/aromatic N) is 3. The van der Waals surface area contributed by atoms with Gasteiger partial charge in [0.25, 0.3) is 0 Å². The number of hydrogen-bond donors (Lipinski definition) is 0. The molecule has 3 nitrogen and oxygen atoms in total. The van der Waals surface area contributed by atoms with Gasteiger partial charge in [-0.25, -0.2) is 4.98 Å². The lowest BCUT2D eigenvalue weighted by Crippen LogP contribution is -2.05. The molecule has 2 rings (SSSR count). The first-order valence-electron chi connectivity index (χ1n) is 6.00. The fraction of sp³-hybridized carbons (Fsp3) is 0.583. The Balaban J connectivity index is 1.91. The Bertz CT molecular complexity index is 437. The van der Waals surface area contributed by atoms with Crippen molar-refractivity contribution >= 4 is 38.0 Å². The van der Waals surface area contributed by atoms with Gasteiger partial charge < -0.3 is 0 Å². The minimum atomic E-state index is 0.114. The van der Waals surface area contributed by atoms with Gasteiger partial charge in [-0.15, -0.1) is 5.10 Å². The van der Waals surface area contributed by atoms with Gasteiger partial charge in [0.15, 0.2) is 5.82 Å². The third-order valence-corrected chi connectivity index (χ3v) is 5.32. The van der Waals surface area contributed by atoms with Crippen LogP contribution in [0.3, 0.4) is 0 Å². The fourth-order valence-electron chi connectivity index (χ4n) is 1.86. The first-order valence-corrected chi connectivity index (χ1v) is 8.54. The van der Waals surface area contributed by atoms with Crippen molar-refractivity contribution in [2.24, 2.45) is 0 Å². The van der Waals surface area contributed by atoms with E-state index in [9.17, 15) is 0 Å². The second-order valence-electron chi connectivity index (χ2n) is 4.21. The third kappa shape index (κ3) is 3.52. The molecule has 0 aliphatic carbocycles. The molecule has 0 bridgehead atoms. The number of unbranched alkanes of at least 4 members (excludes halogenated alkanes) is 3. The summed E-state index contributed by atoms with van der Waals surface area (Å²) in [7, 11) is 0.114. The molecular formula is C12H18BrN3S. The van der Waals surface area contributed by atoms with Crippen LogP contribution in [0.15, 0.2) is 11.9 Å². The van der Waals surface area contributed by atoms with E-state index in [0.717, 1.165) is 11.2 Å². The topological polar surface area (TPSA) is 30.7 Å². The molecule has 2 heterocycles. The summed E-state index contributed by atoms with van der Waals surface area (Å²) in [6, 6.07) is 0. The van der Waals surface area contributed by atoms with Gasteiger partial charge >= 0.3 is 0 Å². The lowest BCUT2D eigenvalue weighted by atomic mass is 10.2. The number of rotatable bonds is 6. The molecule has 17 heavy (non-hydrogen) atoms. The Hall–Kier alpha value is -0.420. The van der Waals surface area contributed by atoms with Crippen LogP contribution in [0.2, 0.25) is 0 Å². The SMILES string of the molecule is CC1=Cc2ncnn2S(CCCCCCBr)=C1. The van der Waals surface area contributed by atoms with Crippen LogP contribution in [0.5, 0.6) is 0 Å². The Kier molecular flexibility index (Phi) is 4.98. The number of aromatic nitrogens is 3. The summed E-state index contributed by atoms with van der Waals surface area (Å²) in [5.41, 5.74) is 1.31. The van der Waals surface area contributed by atoms with Crippen molar-refractivity contribution in [3.63, 3.8) is 0 Å². The normalized spacial score (nSPS) is 18.5. The van der Waals surface area contributed by atoms with E-state index in [0.29, 0.717) is 0 Å². The summed E-state index contributed by atoms with van der Waals surface area (Å²) >= 11 is 3.47. The minimum Gasteiger partial charge on any atom is -0.215 e. The quantitative estimate of drug-likeness (QED) is 0.457. The predicted molar refractivity (Wildman–Crippen MR) is 79.9 cm³/mol. The molecular weight excluding hydrogens is 298 g/mol. The van der Waals surface area contributed by atoms with E-state index in [1.165, 1.54) is 37.0 Å². The van der Waals surface area contributed by atoms with Gasteiger partial charge in [0.1, 0.15) is 6.33 Å². The second-order valence-corrected chi connectivity index (χ2v) is 6.79. The van der Waals surface area contributed by atoms with Gasteiger partial charge in [-0.1, -0.05) is 39.4 Å². The molecule has 0 fully saturated rings. The second kappa shape index (κ2) is 6.50. The van der Waals surface area contributed by atoms with Crippen LogP contribution < -0.4 is 0 Å². The Morgan fingerprint density at radius 1 is 1.29 bits per heavy atom. The lowest BCUT2D eigenvalue weighted by molar-refractivity contribution is 0.711. The van der Waals surface area contributed by atoms with Crippen molar-refractivity contribution < 1.29 is 0 Å². The van der Waals surface area contributed by atoms with Crippen molar-refractivity contribution in [1.29, 1.82) is 0 Å². The number of alkyl halides is 1. The molecule has 1 aliphatic rings. The van der Waals surface area contributed by atoms with Gasteiger partial charge in [0.05, 0.1) is 0 Å². The fourth-order valence-corrected chi connectivity index (χ4v) is 4.15. The molecule has 0 amide bonds. The third-order valence-electron chi connectivity index (χ3n) is 2.68. The summed E-state index contributed by atoms with van der Waals surface area (Å²) in [4.78, 5) is 4.27. The summed E-state index contributed by atoms with van der Waals surface area (Å²) in [5.74, 6) is 2.21. The first-order chi connectivity index (χ1) is 8.31. The maximum Gasteiger partial charge on any atom is 0.162 e. The smallest absolute Gasteiger partial charge is 0.162 e. The highest BCUT2D eigenvalue weighted by Crippen LogP contribution is 2.25. The van der Waals surface area contributed by atoms with E-state index in [2.05, 4.69) is 48.5 Å². The molecule has 1 aliphatic heterocycles. The van der Waals surface area contributed by atoms with E-state index in [1.54, 1.807) is 6.33 Å². The van der Waals surface area contributed by atoms with Gasteiger partial charge in [0.2, 0.25) is 0 Å². The highest BCUT2D eigenvalue weighted by atomic mass is 79.9. The highest BCUT2D eigenvalue weighted by molar-refractivity contribution is 9.09. The van der Waals surface area contributed by atoms with Crippen LogP contribution in [-0.2, 0) is 0 Å². The monoisotopic (exact) mass is 315 g/mol. The Labute approximate surface area is 114 Å². The van der Waals surface area contributed by atoms with E-state index >= 15 is 0 Å². The maximum absolute atomic E-state index is 4.32. The van der Waals surface area contributed by atoms with Crippen molar-refractivity contribution in [2.75, 3.05) is 11.1 Å². The maximum atomic E-state index is 4.32. The van der Waals surface area contributed by atoms with Crippen LogP contribution in [0, 0.1) is 0 Å². The van der Waals surface area contributed by atoms with Crippen molar-refractivity contribution in [3.05, 3.63) is 17.7 Å². The molecule has 94 valence electrons. The lowest BCUT2D eigenvalue weighted by Gasteiger charge is -2.14. The Morgan fingerprint density at radius 3 is 2.94 bits per heavy atom. The van der Waals surface area contributed by atoms with E-state index in [4.69, 9.17) is 0 Å². The van der Waals surface area contributed by atoms with Gasteiger partial charge in [-0.05, 0) is 36.8 Å². The average molecular weight is 316 g/mol. The zero-order valence-corrected chi connectivity index (χ0v) is 12.5. The van der Waals surface area contributed by atoms with Crippen LogP contribution >= 0.6 is 26.6 Å². The summed E-state index contributed by atoms with van der Waals surface area (Å²) in [6.07, 6.45) is 8.95. The predicted octanol–water partition coefficient (Wildman–Crippen LogP) is 3.48. The van der Waals surface area contributed by atoms with Crippen LogP contribution in [0.1, 0.15) is 38.4 Å². The van der Waals surface area contributed by atoms with Crippen molar-refractivity contribution in [3.8, 4) is 0 Å². The number of halogens is 1. The molecule has 0 saturated heterocycles. The van der Waals surface area contributed by atoms with Crippen LogP contribution in [-0.4, -0.2) is 30.6 Å². The minimum absolute atomic E-state index is 0.114. The summed E-state index contributed by atoms with van der Waals surface area (Å²) in [6.45, 7) is 2.14. The molecule has 0 aromatic carbocycles. The summed E-state index contributed by atoms with van der Waals surface area (Å²) in [5, 5.41) is 7.77. The molecule has 1 atom stereocenters. The summed E-state index contributed by atoms with van der Waals surface area (Å²) < 4.78 is 2.07. The zero-order valence-electron chi connectivity index (χ0n) is 10.1. The van der Waals surface area contributed by atoms with Crippen LogP contribution in [0.25, 0.3) is 6.08 Å². The molecule has 1 unspecified atom stereocenters. The van der Waals surface area contributed by atoms with E-state index in [1.807, 2.05) is 0 Å². The molecule has 1 aromatic rings. The zero-order chi connectivity index (χ0) is 12.1. The van der Waals surface area contributed by atoms with Gasteiger partial charge in [-0.2, -0.15) is 4.09 Å². The van der Waals surface area contributed by atoms with Gasteiger partial charge in [0, 0.05) is 11.1 Å². The molecule has 5 heteroatoms. The molecule has 0 saturated carbocycles. The molecule has 1 aromatic heterocycles. The largest absolute Gasteiger partial charge is 0.215 e. The number of hydrogen-bond acceptors (Lipinski definition) is 2. The van der Waals surface area contributed by atoms with Crippen molar-refractivity contribution in [2.45, 2.75) is 32.6 Å². The number of fused-ring (bicyclic) bond motifs is 1. The molecule has 0 spiro atoms. The number of allylic oxidation sites excluding steroid dienone is 1. The van der Waals surface area contributed by atoms with Gasteiger partial charge in [-0.3, -0.25) is 0 Å². The van der Waals surface area contributed by atoms with Crippen molar-refractivity contribution in [1.82, 2.24) is 14.2 Å². The average Bonchev–Trinajstić information content (AvgIpc) is 2.76.